The van der Waals surface area contributed by atoms with Gasteiger partial charge in [0.15, 0.2) is 6.29 Å². The molecule has 6 nitrogen and oxygen atoms in total. The molecular weight excluding hydrogens is 480 g/mol. The maximum atomic E-state index is 12.5. The summed E-state index contributed by atoms with van der Waals surface area (Å²) in [6.07, 6.45) is 8.43. The zero-order valence-corrected chi connectivity index (χ0v) is 24.6. The monoisotopic (exact) mass is 530 g/mol. The molecule has 2 heterocycles. The molecule has 5 aliphatic carbocycles. The van der Waals surface area contributed by atoms with Gasteiger partial charge >= 0.3 is 5.97 Å². The third-order valence-electron chi connectivity index (χ3n) is 14.5. The van der Waals surface area contributed by atoms with Crippen molar-refractivity contribution in [1.29, 1.82) is 0 Å². The summed E-state index contributed by atoms with van der Waals surface area (Å²) in [6, 6.07) is 0. The lowest BCUT2D eigenvalue weighted by atomic mass is 9.37. The first-order valence-electron chi connectivity index (χ1n) is 15.5. The molecule has 0 aromatic rings. The molecule has 13 atom stereocenters. The molecule has 2 aliphatic heterocycles. The summed E-state index contributed by atoms with van der Waals surface area (Å²) in [7, 11) is 0. The van der Waals surface area contributed by atoms with Crippen molar-refractivity contribution in [3.8, 4) is 0 Å². The van der Waals surface area contributed by atoms with Gasteiger partial charge < -0.3 is 24.4 Å². The Morgan fingerprint density at radius 1 is 0.921 bits per heavy atom. The maximum absolute atomic E-state index is 12.5. The molecule has 0 aromatic heterocycles. The normalized spacial score (nSPS) is 59.2. The van der Waals surface area contributed by atoms with E-state index in [0.717, 1.165) is 44.9 Å². The van der Waals surface area contributed by atoms with Crippen molar-refractivity contribution in [2.45, 2.75) is 143 Å². The Morgan fingerprint density at radius 2 is 1.63 bits per heavy atom. The molecule has 7 rings (SSSR count). The molecule has 214 valence electrons. The van der Waals surface area contributed by atoms with Crippen LogP contribution in [-0.2, 0) is 19.0 Å². The number of hydrogen-bond acceptors (Lipinski definition) is 6. The van der Waals surface area contributed by atoms with Gasteiger partial charge in [0.2, 0.25) is 0 Å². The van der Waals surface area contributed by atoms with Crippen molar-refractivity contribution in [1.82, 2.24) is 0 Å². The number of carbonyl (C=O) groups excluding carboxylic acids is 1. The molecular formula is C32H50O6. The second-order valence-corrected chi connectivity index (χ2v) is 16.3. The third kappa shape index (κ3) is 2.97. The Balaban J connectivity index is 1.23. The first kappa shape index (κ1) is 26.2. The average molecular weight is 531 g/mol. The number of esters is 1. The van der Waals surface area contributed by atoms with E-state index >= 15 is 0 Å². The Hall–Kier alpha value is -0.690. The number of epoxide rings is 1. The Bertz CT molecular complexity index is 1040. The van der Waals surface area contributed by atoms with Crippen LogP contribution in [0.2, 0.25) is 0 Å². The van der Waals surface area contributed by atoms with Crippen molar-refractivity contribution in [3.05, 3.63) is 0 Å². The van der Waals surface area contributed by atoms with E-state index in [1.165, 1.54) is 12.8 Å². The van der Waals surface area contributed by atoms with Gasteiger partial charge in [-0.25, -0.2) is 0 Å². The van der Waals surface area contributed by atoms with Crippen LogP contribution in [0.25, 0.3) is 0 Å². The molecule has 5 saturated carbocycles. The number of rotatable bonds is 3. The van der Waals surface area contributed by atoms with E-state index in [-0.39, 0.29) is 69.0 Å². The highest BCUT2D eigenvalue weighted by atomic mass is 16.7. The molecule has 2 saturated heterocycles. The summed E-state index contributed by atoms with van der Waals surface area (Å²) in [4.78, 5) is 12.5. The standard InChI is InChI=1S/C32H50O6/c1-17(33)36-24-15-22-27(2,3)23(34)10-11-29(22,6)21-9-12-31-16-32(31,30(21,24)7)13-8-19(31)18-14-20(37-26(18)35)25-28(4,5)38-25/h18-26,34-35H,8-16H2,1-7H3. The second-order valence-electron chi connectivity index (χ2n) is 16.3. The van der Waals surface area contributed by atoms with E-state index in [2.05, 4.69) is 41.5 Å². The number of hydrogen-bond donors (Lipinski definition) is 2. The minimum absolute atomic E-state index is 0.0129. The van der Waals surface area contributed by atoms with Crippen LogP contribution in [-0.4, -0.2) is 52.5 Å². The third-order valence-corrected chi connectivity index (χ3v) is 14.5. The van der Waals surface area contributed by atoms with Gasteiger partial charge in [-0.2, -0.15) is 0 Å². The summed E-state index contributed by atoms with van der Waals surface area (Å²) in [6.45, 7) is 15.3. The summed E-state index contributed by atoms with van der Waals surface area (Å²) in [5, 5.41) is 22.2. The fourth-order valence-corrected chi connectivity index (χ4v) is 12.7. The average Bonchev–Trinajstić information content (AvgIpc) is 3.57. The van der Waals surface area contributed by atoms with Gasteiger partial charge in [0, 0.05) is 18.3 Å². The summed E-state index contributed by atoms with van der Waals surface area (Å²) >= 11 is 0. The van der Waals surface area contributed by atoms with E-state index < -0.39 is 6.29 Å². The Morgan fingerprint density at radius 3 is 2.29 bits per heavy atom. The Kier molecular flexibility index (Phi) is 5.23. The molecule has 0 bridgehead atoms. The van der Waals surface area contributed by atoms with E-state index in [1.54, 1.807) is 6.92 Å². The zero-order valence-electron chi connectivity index (χ0n) is 24.6. The molecule has 7 aliphatic rings. The van der Waals surface area contributed by atoms with Gasteiger partial charge in [-0.05, 0) is 111 Å². The first-order valence-corrected chi connectivity index (χ1v) is 15.5. The fraction of sp³-hybridized carbons (Fsp3) is 0.969. The van der Waals surface area contributed by atoms with E-state index in [4.69, 9.17) is 14.2 Å². The van der Waals surface area contributed by atoms with Crippen molar-refractivity contribution >= 4 is 5.97 Å². The maximum Gasteiger partial charge on any atom is 0.302 e. The predicted molar refractivity (Wildman–Crippen MR) is 142 cm³/mol. The molecule has 6 heteroatoms. The molecule has 13 unspecified atom stereocenters. The molecule has 0 aromatic carbocycles. The van der Waals surface area contributed by atoms with E-state index in [9.17, 15) is 15.0 Å². The van der Waals surface area contributed by atoms with Crippen LogP contribution in [0, 0.1) is 50.7 Å². The molecule has 2 N–H and O–H groups in total. The molecule has 0 amide bonds. The van der Waals surface area contributed by atoms with E-state index in [1.807, 2.05) is 0 Å². The number of aliphatic hydroxyl groups excluding tert-OH is 2. The van der Waals surface area contributed by atoms with Gasteiger partial charge in [0.25, 0.3) is 0 Å². The van der Waals surface area contributed by atoms with Crippen LogP contribution in [0.15, 0.2) is 0 Å². The second kappa shape index (κ2) is 7.57. The van der Waals surface area contributed by atoms with Crippen LogP contribution < -0.4 is 0 Å². The summed E-state index contributed by atoms with van der Waals surface area (Å²) in [5.41, 5.74) is 0.0866. The molecule has 38 heavy (non-hydrogen) atoms. The van der Waals surface area contributed by atoms with Crippen LogP contribution >= 0.6 is 0 Å². The van der Waals surface area contributed by atoms with Crippen molar-refractivity contribution in [2.24, 2.45) is 50.7 Å². The minimum Gasteiger partial charge on any atom is -0.462 e. The number of ether oxygens (including phenoxy) is 3. The lowest BCUT2D eigenvalue weighted by Gasteiger charge is -2.68. The lowest BCUT2D eigenvalue weighted by molar-refractivity contribution is -0.249. The fourth-order valence-electron chi connectivity index (χ4n) is 12.7. The smallest absolute Gasteiger partial charge is 0.302 e. The van der Waals surface area contributed by atoms with Crippen molar-refractivity contribution < 1.29 is 29.2 Å². The lowest BCUT2D eigenvalue weighted by Crippen LogP contribution is -2.66. The minimum atomic E-state index is -0.709. The zero-order chi connectivity index (χ0) is 27.3. The van der Waals surface area contributed by atoms with Gasteiger partial charge in [-0.15, -0.1) is 0 Å². The highest BCUT2D eigenvalue weighted by Crippen LogP contribution is 2.91. The number of aliphatic hydroxyl groups is 2. The highest BCUT2D eigenvalue weighted by Gasteiger charge is 2.86. The topological polar surface area (TPSA) is 88.5 Å². The molecule has 7 fully saturated rings. The quantitative estimate of drug-likeness (QED) is 0.384. The van der Waals surface area contributed by atoms with Gasteiger partial charge in [-0.3, -0.25) is 4.79 Å². The molecule has 0 spiro atoms. The number of fused-ring (bicyclic) bond motifs is 3. The van der Waals surface area contributed by atoms with Crippen LogP contribution in [0.3, 0.4) is 0 Å². The largest absolute Gasteiger partial charge is 0.462 e. The van der Waals surface area contributed by atoms with Crippen LogP contribution in [0.4, 0.5) is 0 Å². The molecule has 0 radical (unpaired) electrons. The van der Waals surface area contributed by atoms with Crippen molar-refractivity contribution in [3.63, 3.8) is 0 Å². The van der Waals surface area contributed by atoms with E-state index in [0.29, 0.717) is 17.8 Å². The summed E-state index contributed by atoms with van der Waals surface area (Å²) in [5.74, 6) is 1.24. The predicted octanol–water partition coefficient (Wildman–Crippen LogP) is 5.23. The van der Waals surface area contributed by atoms with Crippen molar-refractivity contribution in [2.75, 3.05) is 0 Å². The first-order chi connectivity index (χ1) is 17.6. The van der Waals surface area contributed by atoms with Crippen LogP contribution in [0.5, 0.6) is 0 Å². The summed E-state index contributed by atoms with van der Waals surface area (Å²) < 4.78 is 18.4. The van der Waals surface area contributed by atoms with Gasteiger partial charge in [0.1, 0.15) is 12.2 Å². The number of carbonyl (C=O) groups is 1. The van der Waals surface area contributed by atoms with Gasteiger partial charge in [0.05, 0.1) is 17.8 Å². The SMILES string of the molecule is CC(=O)OC1CC2C(C)(C)C(O)CCC2(C)C2CCC34CC3(CCC4C3CC(C4OC4(C)C)OC3O)C12C. The van der Waals surface area contributed by atoms with Crippen LogP contribution in [0.1, 0.15) is 106 Å². The Labute approximate surface area is 228 Å². The highest BCUT2D eigenvalue weighted by molar-refractivity contribution is 5.66. The van der Waals surface area contributed by atoms with Gasteiger partial charge in [-0.1, -0.05) is 27.7 Å².